The molecule has 3 aromatic heterocycles. The molecule has 0 bridgehead atoms. The van der Waals surface area contributed by atoms with Crippen LogP contribution in [0.4, 0.5) is 28.2 Å². The van der Waals surface area contributed by atoms with Crippen LogP contribution in [0.2, 0.25) is 5.02 Å². The van der Waals surface area contributed by atoms with Gasteiger partial charge in [-0.15, -0.1) is 0 Å². The van der Waals surface area contributed by atoms with E-state index < -0.39 is 62.4 Å². The van der Waals surface area contributed by atoms with Crippen molar-refractivity contribution in [2.45, 2.75) is 58.5 Å². The van der Waals surface area contributed by atoms with E-state index in [9.17, 15) is 30.8 Å². The molecule has 1 amide bonds. The normalized spacial score (nSPS) is 13.5. The second kappa shape index (κ2) is 15.9. The Bertz CT molecular complexity index is 2270. The van der Waals surface area contributed by atoms with E-state index in [4.69, 9.17) is 26.1 Å². The van der Waals surface area contributed by atoms with E-state index in [1.165, 1.54) is 18.3 Å². The van der Waals surface area contributed by atoms with Crippen molar-refractivity contribution < 1.29 is 40.2 Å². The minimum atomic E-state index is -3.95. The Labute approximate surface area is 316 Å². The van der Waals surface area contributed by atoms with Gasteiger partial charge in [-0.2, -0.15) is 10.2 Å². The fraction of sp³-hybridized carbons (Fsp3) is 0.429. The Kier molecular flexibility index (Phi) is 12.1. The molecule has 0 saturated carbocycles. The van der Waals surface area contributed by atoms with Gasteiger partial charge in [-0.1, -0.05) is 17.7 Å². The number of amides is 1. The Morgan fingerprint density at radius 1 is 1.00 bits per heavy atom. The summed E-state index contributed by atoms with van der Waals surface area (Å²) < 4.78 is 98.0. The summed E-state index contributed by atoms with van der Waals surface area (Å²) in [4.78, 5) is 18.2. The highest BCUT2D eigenvalue weighted by Crippen LogP contribution is 2.41. The molecule has 0 aliphatic rings. The summed E-state index contributed by atoms with van der Waals surface area (Å²) in [5, 5.41) is 11.5. The lowest BCUT2D eigenvalue weighted by atomic mass is 9.93. The lowest BCUT2D eigenvalue weighted by Crippen LogP contribution is -2.36. The van der Waals surface area contributed by atoms with Crippen molar-refractivity contribution in [3.63, 3.8) is 0 Å². The van der Waals surface area contributed by atoms with Crippen LogP contribution in [0.3, 0.4) is 0 Å². The van der Waals surface area contributed by atoms with E-state index in [2.05, 4.69) is 39.0 Å². The number of fused-ring (bicyclic) bond motifs is 2. The van der Waals surface area contributed by atoms with Crippen LogP contribution in [0.25, 0.3) is 33.1 Å². The van der Waals surface area contributed by atoms with E-state index in [0.717, 1.165) is 28.8 Å². The molecule has 5 rings (SSSR count). The van der Waals surface area contributed by atoms with Crippen LogP contribution in [0.5, 0.6) is 0 Å². The molecule has 1 atom stereocenters. The molecule has 54 heavy (non-hydrogen) atoms. The molecule has 0 unspecified atom stereocenters. The lowest BCUT2D eigenvalue weighted by Gasteiger charge is -2.25. The standard InChI is InChI=1S/C35H42ClF4N7O5S2/c1-35(2,3)52-34(48)43-26(14-20-12-21(37)15-22(38)13-20)31-24(16-28-27(42-31)17-41-47(28)19-51-10-11-53(4,5)6)23-8-9-25(36)30-32(23)46(18-29(39)40)44-33(30)45-54(7,49)50/h8-9,12-13,15-17,26,29H,10-11,14,18-19H2,1-7H3,(H,43,48)(H,44,45)/t26-/m0/s1. The third-order valence-electron chi connectivity index (χ3n) is 7.82. The molecule has 0 fully saturated rings. The van der Waals surface area contributed by atoms with E-state index in [1.54, 1.807) is 31.5 Å². The van der Waals surface area contributed by atoms with Gasteiger partial charge >= 0.3 is 6.09 Å². The zero-order valence-electron chi connectivity index (χ0n) is 30.7. The summed E-state index contributed by atoms with van der Waals surface area (Å²) in [6.07, 6.45) is 4.89. The quantitative estimate of drug-likeness (QED) is 0.0868. The maximum Gasteiger partial charge on any atom is 0.408 e. The van der Waals surface area contributed by atoms with Gasteiger partial charge in [-0.3, -0.25) is 9.40 Å². The van der Waals surface area contributed by atoms with Crippen molar-refractivity contribution >= 4 is 65.5 Å². The average Bonchev–Trinajstić information content (AvgIpc) is 3.56. The van der Waals surface area contributed by atoms with E-state index >= 15 is 0 Å². The maximum atomic E-state index is 14.5. The highest BCUT2D eigenvalue weighted by molar-refractivity contribution is 8.32. The number of benzene rings is 2. The van der Waals surface area contributed by atoms with E-state index in [-0.39, 0.29) is 57.3 Å². The van der Waals surface area contributed by atoms with Gasteiger partial charge < -0.3 is 14.8 Å². The predicted octanol–water partition coefficient (Wildman–Crippen LogP) is 7.49. The van der Waals surface area contributed by atoms with Crippen LogP contribution >= 0.6 is 21.6 Å². The van der Waals surface area contributed by atoms with Gasteiger partial charge in [-0.05, 0) is 75.8 Å². The van der Waals surface area contributed by atoms with Crippen molar-refractivity contribution in [3.8, 4) is 11.1 Å². The summed E-state index contributed by atoms with van der Waals surface area (Å²) in [5.74, 6) is -1.13. The van der Waals surface area contributed by atoms with Crippen molar-refractivity contribution in [1.29, 1.82) is 0 Å². The first-order chi connectivity index (χ1) is 25.1. The Hall–Kier alpha value is -4.13. The summed E-state index contributed by atoms with van der Waals surface area (Å²) in [6, 6.07) is 6.45. The summed E-state index contributed by atoms with van der Waals surface area (Å²) >= 11 is 6.61. The molecule has 3 heterocycles. The smallest absolute Gasteiger partial charge is 0.408 e. The number of alkyl carbamates (subject to hydrolysis) is 1. The Morgan fingerprint density at radius 2 is 1.69 bits per heavy atom. The molecule has 0 saturated heterocycles. The number of alkyl halides is 2. The van der Waals surface area contributed by atoms with Gasteiger partial charge in [0.05, 0.1) is 52.2 Å². The number of ether oxygens (including phenoxy) is 2. The number of carbonyl (C=O) groups is 1. The van der Waals surface area contributed by atoms with Gasteiger partial charge in [0.1, 0.15) is 36.0 Å². The Morgan fingerprint density at radius 3 is 2.30 bits per heavy atom. The minimum absolute atomic E-state index is 0.00842. The monoisotopic (exact) mass is 815 g/mol. The number of aromatic nitrogens is 5. The van der Waals surface area contributed by atoms with Gasteiger partial charge in [0.2, 0.25) is 10.0 Å². The first kappa shape index (κ1) is 41.0. The third-order valence-corrected chi connectivity index (χ3v) is 10.1. The highest BCUT2D eigenvalue weighted by atomic mass is 35.5. The number of hydrogen-bond acceptors (Lipinski definition) is 8. The summed E-state index contributed by atoms with van der Waals surface area (Å²) in [7, 11) is -4.79. The van der Waals surface area contributed by atoms with Crippen molar-refractivity contribution in [2.75, 3.05) is 42.1 Å². The molecule has 2 N–H and O–H groups in total. The zero-order valence-corrected chi connectivity index (χ0v) is 33.1. The van der Waals surface area contributed by atoms with Gasteiger partial charge in [0.25, 0.3) is 6.43 Å². The van der Waals surface area contributed by atoms with Gasteiger partial charge in [-0.25, -0.2) is 50.5 Å². The number of pyridine rings is 1. The fourth-order valence-corrected chi connectivity index (χ4v) is 7.06. The molecule has 2 aromatic carbocycles. The first-order valence-electron chi connectivity index (χ1n) is 16.6. The van der Waals surface area contributed by atoms with Crippen LogP contribution in [-0.2, 0) is 39.2 Å². The number of nitrogens with one attached hydrogen (secondary N) is 2. The molecule has 5 aromatic rings. The zero-order chi connectivity index (χ0) is 39.7. The largest absolute Gasteiger partial charge is 0.444 e. The topological polar surface area (TPSA) is 142 Å². The van der Waals surface area contributed by atoms with Crippen LogP contribution in [0, 0.1) is 11.6 Å². The average molecular weight is 816 g/mol. The molecular formula is C35H42ClF4N7O5S2. The van der Waals surface area contributed by atoms with Crippen LogP contribution < -0.4 is 10.0 Å². The van der Waals surface area contributed by atoms with E-state index in [1.807, 2.05) is 0 Å². The second-order valence-electron chi connectivity index (χ2n) is 14.6. The van der Waals surface area contributed by atoms with Crippen molar-refractivity contribution in [3.05, 3.63) is 70.5 Å². The van der Waals surface area contributed by atoms with Gasteiger partial charge in [0.15, 0.2) is 5.82 Å². The fourth-order valence-electron chi connectivity index (χ4n) is 5.70. The van der Waals surface area contributed by atoms with Gasteiger partial charge in [0, 0.05) is 22.9 Å². The number of sulfonamides is 1. The molecule has 0 aliphatic heterocycles. The van der Waals surface area contributed by atoms with Crippen LogP contribution in [0.15, 0.2) is 42.6 Å². The SMILES string of the molecule is CC(C)(C)OC(=O)N[C@@H](Cc1cc(F)cc(F)c1)c1nc2cnn(COCCS(C)(C)C)c2cc1-c1ccc(Cl)c2c(NS(C)(=O)=O)nn(CC(F)F)c12. The van der Waals surface area contributed by atoms with Crippen molar-refractivity contribution in [2.24, 2.45) is 0 Å². The number of nitrogens with zero attached hydrogens (tertiary/aromatic N) is 5. The molecule has 0 radical (unpaired) electrons. The minimum Gasteiger partial charge on any atom is -0.444 e. The summed E-state index contributed by atoms with van der Waals surface area (Å²) in [6.45, 7) is 4.55. The molecule has 294 valence electrons. The highest BCUT2D eigenvalue weighted by Gasteiger charge is 2.29. The predicted molar refractivity (Wildman–Crippen MR) is 204 cm³/mol. The van der Waals surface area contributed by atoms with E-state index in [0.29, 0.717) is 23.7 Å². The molecule has 0 spiro atoms. The number of carbonyl (C=O) groups excluding carboxylic acids is 1. The second-order valence-corrected chi connectivity index (χ2v) is 21.3. The van der Waals surface area contributed by atoms with Crippen molar-refractivity contribution in [1.82, 2.24) is 29.9 Å². The first-order valence-corrected chi connectivity index (χ1v) is 21.9. The van der Waals surface area contributed by atoms with Crippen LogP contribution in [-0.4, -0.2) is 88.5 Å². The molecule has 0 aliphatic carbocycles. The molecular weight excluding hydrogens is 774 g/mol. The molecule has 19 heteroatoms. The maximum absolute atomic E-state index is 14.5. The van der Waals surface area contributed by atoms with Crippen LogP contribution in [0.1, 0.15) is 38.1 Å². The lowest BCUT2D eigenvalue weighted by molar-refractivity contribution is 0.0502. The molecule has 12 nitrogen and oxygen atoms in total. The number of halogens is 5. The summed E-state index contributed by atoms with van der Waals surface area (Å²) in [5.41, 5.74) is 0.690. The third kappa shape index (κ3) is 10.5. The Balaban J connectivity index is 1.79. The number of anilines is 1. The number of rotatable bonds is 14. The number of hydrogen-bond donors (Lipinski definition) is 2.